The van der Waals surface area contributed by atoms with Crippen molar-refractivity contribution in [2.24, 2.45) is 0 Å². The molecule has 2 fully saturated rings. The van der Waals surface area contributed by atoms with Crippen LogP contribution in [0.5, 0.6) is 5.75 Å². The molecule has 0 N–H and O–H groups in total. The van der Waals surface area contributed by atoms with Gasteiger partial charge >= 0.3 is 6.09 Å². The number of fused-ring (bicyclic) bond motifs is 1. The predicted octanol–water partition coefficient (Wildman–Crippen LogP) is 4.27. The number of carbonyl (C=O) groups is 1. The summed E-state index contributed by atoms with van der Waals surface area (Å²) in [5.41, 5.74) is 3.71. The molecule has 0 radical (unpaired) electrons. The number of hydrogen-bond acceptors (Lipinski definition) is 6. The van der Waals surface area contributed by atoms with Gasteiger partial charge in [0.05, 0.1) is 30.8 Å². The fraction of sp³-hybridized carbons (Fsp3) is 0.346. The highest BCUT2D eigenvalue weighted by molar-refractivity contribution is 5.84. The van der Waals surface area contributed by atoms with Crippen molar-refractivity contribution < 1.29 is 14.3 Å². The van der Waals surface area contributed by atoms with Gasteiger partial charge in [-0.15, -0.1) is 0 Å². The van der Waals surface area contributed by atoms with Crippen LogP contribution in [-0.4, -0.2) is 53.7 Å². The standard InChI is InChI=1S/C26H26N4O3/c1-32-21-6-7-24-23(14-21)22(8-11-28-24)25-17-30(26(31)33-25)20-9-12-29(13-10-20)16-19-4-2-18(15-27)3-5-19/h2-8,11,14,20,25H,9-10,12-13,16-17H2,1H3. The molecule has 2 aliphatic rings. The number of carbonyl (C=O) groups excluding carboxylic acids is 1. The maximum absolute atomic E-state index is 12.8. The number of likely N-dealkylation sites (tertiary alicyclic amines) is 1. The van der Waals surface area contributed by atoms with Crippen molar-refractivity contribution in [2.75, 3.05) is 26.7 Å². The number of nitrogens with zero attached hydrogens (tertiary/aromatic N) is 4. The summed E-state index contributed by atoms with van der Waals surface area (Å²) in [5, 5.41) is 9.91. The molecule has 1 unspecified atom stereocenters. The Labute approximate surface area is 193 Å². The first-order chi connectivity index (χ1) is 16.1. The van der Waals surface area contributed by atoms with Crippen LogP contribution in [0.25, 0.3) is 10.9 Å². The Hall–Kier alpha value is -3.63. The Morgan fingerprint density at radius 1 is 1.15 bits per heavy atom. The average Bonchev–Trinajstić information content (AvgIpc) is 3.25. The molecular formula is C26H26N4O3. The summed E-state index contributed by atoms with van der Waals surface area (Å²) in [6.07, 6.45) is 3.05. The summed E-state index contributed by atoms with van der Waals surface area (Å²) in [7, 11) is 1.64. The second-order valence-corrected chi connectivity index (χ2v) is 8.62. The number of rotatable bonds is 5. The number of methoxy groups -OCH3 is 1. The molecule has 3 aromatic rings. The van der Waals surface area contributed by atoms with Crippen molar-refractivity contribution in [3.05, 3.63) is 71.4 Å². The minimum Gasteiger partial charge on any atom is -0.497 e. The molecule has 168 valence electrons. The molecule has 1 amide bonds. The lowest BCUT2D eigenvalue weighted by Gasteiger charge is -2.35. The lowest BCUT2D eigenvalue weighted by molar-refractivity contribution is 0.110. The van der Waals surface area contributed by atoms with Crippen LogP contribution in [0, 0.1) is 11.3 Å². The van der Waals surface area contributed by atoms with Gasteiger partial charge in [0.2, 0.25) is 0 Å². The summed E-state index contributed by atoms with van der Waals surface area (Å²) in [4.78, 5) is 21.5. The molecule has 0 bridgehead atoms. The van der Waals surface area contributed by atoms with Gasteiger partial charge in [-0.25, -0.2) is 4.79 Å². The smallest absolute Gasteiger partial charge is 0.410 e. The van der Waals surface area contributed by atoms with Crippen molar-refractivity contribution >= 4 is 17.0 Å². The Balaban J connectivity index is 1.24. The maximum atomic E-state index is 12.8. The van der Waals surface area contributed by atoms with E-state index < -0.39 is 0 Å². The van der Waals surface area contributed by atoms with Gasteiger partial charge in [0, 0.05) is 42.8 Å². The SMILES string of the molecule is COc1ccc2nccc(C3CN(C4CCN(Cc5ccc(C#N)cc5)CC4)C(=O)O3)c2c1. The van der Waals surface area contributed by atoms with E-state index in [0.717, 1.165) is 54.7 Å². The molecule has 0 spiro atoms. The minimum atomic E-state index is -0.313. The van der Waals surface area contributed by atoms with Crippen molar-refractivity contribution in [3.8, 4) is 11.8 Å². The van der Waals surface area contributed by atoms with E-state index in [4.69, 9.17) is 14.7 Å². The molecule has 0 saturated carbocycles. The number of amides is 1. The van der Waals surface area contributed by atoms with Gasteiger partial charge in [0.1, 0.15) is 11.9 Å². The largest absolute Gasteiger partial charge is 0.497 e. The van der Waals surface area contributed by atoms with E-state index in [0.29, 0.717) is 12.1 Å². The molecular weight excluding hydrogens is 416 g/mol. The number of piperidine rings is 1. The third-order valence-electron chi connectivity index (χ3n) is 6.66. The number of cyclic esters (lactones) is 1. The van der Waals surface area contributed by atoms with Crippen LogP contribution in [0.1, 0.15) is 35.6 Å². The quantitative estimate of drug-likeness (QED) is 0.587. The summed E-state index contributed by atoms with van der Waals surface area (Å²) >= 11 is 0. The Morgan fingerprint density at radius 3 is 2.67 bits per heavy atom. The molecule has 3 heterocycles. The molecule has 7 nitrogen and oxygen atoms in total. The zero-order valence-electron chi connectivity index (χ0n) is 18.6. The van der Waals surface area contributed by atoms with Gasteiger partial charge in [-0.2, -0.15) is 5.26 Å². The fourth-order valence-corrected chi connectivity index (χ4v) is 4.83. The van der Waals surface area contributed by atoms with Crippen LogP contribution in [0.15, 0.2) is 54.7 Å². The van der Waals surface area contributed by atoms with Gasteiger partial charge in [-0.05, 0) is 54.8 Å². The second-order valence-electron chi connectivity index (χ2n) is 8.62. The lowest BCUT2D eigenvalue weighted by Crippen LogP contribution is -2.45. The van der Waals surface area contributed by atoms with Gasteiger partial charge in [-0.1, -0.05) is 12.1 Å². The lowest BCUT2D eigenvalue weighted by atomic mass is 10.0. The number of benzene rings is 2. The first kappa shape index (κ1) is 21.2. The maximum Gasteiger partial charge on any atom is 0.410 e. The summed E-state index contributed by atoms with van der Waals surface area (Å²) < 4.78 is 11.2. The van der Waals surface area contributed by atoms with E-state index in [1.54, 1.807) is 13.3 Å². The van der Waals surface area contributed by atoms with Gasteiger partial charge in [0.25, 0.3) is 0 Å². The summed E-state index contributed by atoms with van der Waals surface area (Å²) in [6.45, 7) is 3.26. The van der Waals surface area contributed by atoms with Crippen LogP contribution in [0.4, 0.5) is 4.79 Å². The highest BCUT2D eigenvalue weighted by atomic mass is 16.6. The van der Waals surface area contributed by atoms with Crippen molar-refractivity contribution in [1.29, 1.82) is 5.26 Å². The summed E-state index contributed by atoms with van der Waals surface area (Å²) in [6, 6.07) is 17.8. The normalized spacial score (nSPS) is 19.5. The topological polar surface area (TPSA) is 78.7 Å². The highest BCUT2D eigenvalue weighted by Gasteiger charge is 2.38. The van der Waals surface area contributed by atoms with Gasteiger partial charge in [-0.3, -0.25) is 9.88 Å². The van der Waals surface area contributed by atoms with Crippen LogP contribution in [0.3, 0.4) is 0 Å². The summed E-state index contributed by atoms with van der Waals surface area (Å²) in [5.74, 6) is 0.757. The molecule has 5 rings (SSSR count). The van der Waals surface area contributed by atoms with E-state index in [-0.39, 0.29) is 18.2 Å². The van der Waals surface area contributed by atoms with Crippen LogP contribution < -0.4 is 4.74 Å². The molecule has 7 heteroatoms. The van der Waals surface area contributed by atoms with Gasteiger partial charge < -0.3 is 14.4 Å². The molecule has 0 aliphatic carbocycles. The fourth-order valence-electron chi connectivity index (χ4n) is 4.83. The monoisotopic (exact) mass is 442 g/mol. The number of aromatic nitrogens is 1. The molecule has 1 atom stereocenters. The number of hydrogen-bond donors (Lipinski definition) is 0. The predicted molar refractivity (Wildman–Crippen MR) is 124 cm³/mol. The Morgan fingerprint density at radius 2 is 1.94 bits per heavy atom. The first-order valence-corrected chi connectivity index (χ1v) is 11.3. The van der Waals surface area contributed by atoms with E-state index in [9.17, 15) is 4.79 Å². The third kappa shape index (κ3) is 4.35. The number of ether oxygens (including phenoxy) is 2. The average molecular weight is 443 g/mol. The van der Waals surface area contributed by atoms with Crippen LogP contribution in [-0.2, 0) is 11.3 Å². The Bertz CT molecular complexity index is 1200. The molecule has 33 heavy (non-hydrogen) atoms. The second kappa shape index (κ2) is 9.08. The molecule has 2 saturated heterocycles. The molecule has 2 aliphatic heterocycles. The van der Waals surface area contributed by atoms with Crippen LogP contribution >= 0.6 is 0 Å². The number of pyridine rings is 1. The molecule has 2 aromatic carbocycles. The van der Waals surface area contributed by atoms with E-state index in [1.807, 2.05) is 53.4 Å². The minimum absolute atomic E-state index is 0.183. The van der Waals surface area contributed by atoms with Crippen molar-refractivity contribution in [1.82, 2.24) is 14.8 Å². The van der Waals surface area contributed by atoms with Gasteiger partial charge in [0.15, 0.2) is 0 Å². The zero-order chi connectivity index (χ0) is 22.8. The van der Waals surface area contributed by atoms with Crippen LogP contribution in [0.2, 0.25) is 0 Å². The number of nitriles is 1. The molecule has 1 aromatic heterocycles. The zero-order valence-corrected chi connectivity index (χ0v) is 18.6. The van der Waals surface area contributed by atoms with Crippen molar-refractivity contribution in [3.63, 3.8) is 0 Å². The van der Waals surface area contributed by atoms with E-state index in [1.165, 1.54) is 5.56 Å². The van der Waals surface area contributed by atoms with E-state index in [2.05, 4.69) is 16.0 Å². The van der Waals surface area contributed by atoms with E-state index >= 15 is 0 Å². The third-order valence-corrected chi connectivity index (χ3v) is 6.66. The Kier molecular flexibility index (Phi) is 5.84. The highest BCUT2D eigenvalue weighted by Crippen LogP contribution is 2.34. The van der Waals surface area contributed by atoms with Crippen molar-refractivity contribution in [2.45, 2.75) is 31.5 Å². The first-order valence-electron chi connectivity index (χ1n) is 11.3.